The number of rotatable bonds is 10. The van der Waals surface area contributed by atoms with Crippen LogP contribution in [0.15, 0.2) is 107 Å². The first-order chi connectivity index (χ1) is 23.1. The quantitative estimate of drug-likeness (QED) is 0.0646. The van der Waals surface area contributed by atoms with Crippen LogP contribution in [0, 0.1) is 17.9 Å². The van der Waals surface area contributed by atoms with Gasteiger partial charge in [-0.2, -0.15) is 0 Å². The summed E-state index contributed by atoms with van der Waals surface area (Å²) in [5, 5.41) is 14.6. The van der Waals surface area contributed by atoms with Crippen LogP contribution in [0.3, 0.4) is 0 Å². The Bertz CT molecular complexity index is 2050. The SMILES string of the molecule is CCC(CC)C(=O)/C=C(\O)C(CC)CC.C[Si](C)(C)c1ccc2nc(-c3[c-]cc4oc5ccccc5c4c3)cc(-c3ccccc3)c2c1.[Ir]. The van der Waals surface area contributed by atoms with Gasteiger partial charge in [0.1, 0.15) is 5.58 Å². The molecule has 2 heterocycles. The van der Waals surface area contributed by atoms with E-state index in [1.165, 1.54) is 27.8 Å². The molecule has 0 aliphatic carbocycles. The molecule has 0 fully saturated rings. The topological polar surface area (TPSA) is 63.3 Å². The molecule has 0 bridgehead atoms. The van der Waals surface area contributed by atoms with Crippen LogP contribution in [0.5, 0.6) is 0 Å². The smallest absolute Gasteiger partial charge is 0.162 e. The zero-order valence-corrected chi connectivity index (χ0v) is 33.2. The number of para-hydroxylation sites is 1. The van der Waals surface area contributed by atoms with Gasteiger partial charge in [0.2, 0.25) is 0 Å². The predicted octanol–water partition coefficient (Wildman–Crippen LogP) is 11.7. The zero-order valence-electron chi connectivity index (χ0n) is 29.8. The van der Waals surface area contributed by atoms with Crippen molar-refractivity contribution in [3.05, 3.63) is 109 Å². The number of benzene rings is 4. The first-order valence-corrected chi connectivity index (χ1v) is 20.9. The summed E-state index contributed by atoms with van der Waals surface area (Å²) in [5.74, 6) is 0.547. The molecule has 6 heteroatoms. The summed E-state index contributed by atoms with van der Waals surface area (Å²) in [6, 6.07) is 35.3. The van der Waals surface area contributed by atoms with E-state index in [4.69, 9.17) is 9.40 Å². The molecule has 6 rings (SSSR count). The molecule has 1 radical (unpaired) electrons. The molecular formula is C43H48IrNO3Si-. The van der Waals surface area contributed by atoms with Gasteiger partial charge >= 0.3 is 0 Å². The molecule has 4 aromatic carbocycles. The van der Waals surface area contributed by atoms with Crippen LogP contribution in [0.4, 0.5) is 0 Å². The second-order valence-corrected chi connectivity index (χ2v) is 18.7. The number of carbonyl (C=O) groups excluding carboxylic acids is 1. The molecule has 0 aliphatic heterocycles. The first kappa shape index (κ1) is 38.0. The number of aliphatic hydroxyl groups is 1. The summed E-state index contributed by atoms with van der Waals surface area (Å²) in [6.45, 7) is 15.2. The van der Waals surface area contributed by atoms with E-state index >= 15 is 0 Å². The van der Waals surface area contributed by atoms with Gasteiger partial charge in [0.15, 0.2) is 5.78 Å². The molecule has 0 unspecified atom stereocenters. The van der Waals surface area contributed by atoms with Gasteiger partial charge in [0.05, 0.1) is 24.9 Å². The molecule has 6 aromatic rings. The van der Waals surface area contributed by atoms with Crippen LogP contribution < -0.4 is 5.19 Å². The Hall–Kier alpha value is -3.83. The maximum Gasteiger partial charge on any atom is 0.162 e. The number of aliphatic hydroxyl groups excluding tert-OH is 1. The maximum absolute atomic E-state index is 11.7. The summed E-state index contributed by atoms with van der Waals surface area (Å²) < 4.78 is 6.00. The number of nitrogens with zero attached hydrogens (tertiary/aromatic N) is 1. The van der Waals surface area contributed by atoms with Crippen molar-refractivity contribution in [2.75, 3.05) is 0 Å². The van der Waals surface area contributed by atoms with Crippen LogP contribution in [0.1, 0.15) is 53.4 Å². The van der Waals surface area contributed by atoms with E-state index < -0.39 is 8.07 Å². The fraction of sp³-hybridized carbons (Fsp3) is 0.302. The van der Waals surface area contributed by atoms with E-state index in [9.17, 15) is 9.90 Å². The minimum absolute atomic E-state index is 0. The van der Waals surface area contributed by atoms with E-state index in [2.05, 4.69) is 92.4 Å². The molecule has 257 valence electrons. The number of ketones is 1. The Morgan fingerprint density at radius 2 is 1.45 bits per heavy atom. The van der Waals surface area contributed by atoms with Crippen molar-refractivity contribution >= 4 is 51.9 Å². The van der Waals surface area contributed by atoms with Crippen LogP contribution in [-0.4, -0.2) is 23.9 Å². The third kappa shape index (κ3) is 8.67. The molecule has 49 heavy (non-hydrogen) atoms. The Morgan fingerprint density at radius 1 is 0.796 bits per heavy atom. The first-order valence-electron chi connectivity index (χ1n) is 17.4. The van der Waals surface area contributed by atoms with Crippen LogP contribution >= 0.6 is 0 Å². The largest absolute Gasteiger partial charge is 0.512 e. The summed E-state index contributed by atoms with van der Waals surface area (Å²) in [6.07, 6.45) is 4.91. The van der Waals surface area contributed by atoms with E-state index in [1.54, 1.807) is 0 Å². The van der Waals surface area contributed by atoms with Gasteiger partial charge in [-0.3, -0.25) is 9.78 Å². The van der Waals surface area contributed by atoms with Gasteiger partial charge in [-0.1, -0.05) is 125 Å². The van der Waals surface area contributed by atoms with Gasteiger partial charge in [-0.25, -0.2) is 0 Å². The van der Waals surface area contributed by atoms with Crippen molar-refractivity contribution in [2.45, 2.75) is 73.0 Å². The number of hydrogen-bond donors (Lipinski definition) is 1. The minimum Gasteiger partial charge on any atom is -0.512 e. The number of allylic oxidation sites excluding steroid dienone is 2. The van der Waals surface area contributed by atoms with E-state index in [0.717, 1.165) is 64.4 Å². The van der Waals surface area contributed by atoms with Crippen molar-refractivity contribution in [3.63, 3.8) is 0 Å². The summed E-state index contributed by atoms with van der Waals surface area (Å²) >= 11 is 0. The molecule has 2 aromatic heterocycles. The third-order valence-corrected chi connectivity index (χ3v) is 11.5. The average Bonchev–Trinajstić information content (AvgIpc) is 3.47. The fourth-order valence-electron chi connectivity index (χ4n) is 6.28. The van der Waals surface area contributed by atoms with Gasteiger partial charge in [0, 0.05) is 48.8 Å². The number of aromatic nitrogens is 1. The number of fused-ring (bicyclic) bond motifs is 4. The van der Waals surface area contributed by atoms with Crippen molar-refractivity contribution in [1.82, 2.24) is 4.98 Å². The Morgan fingerprint density at radius 3 is 2.10 bits per heavy atom. The molecule has 0 aliphatic rings. The zero-order chi connectivity index (χ0) is 34.4. The van der Waals surface area contributed by atoms with E-state index in [-0.39, 0.29) is 43.5 Å². The molecule has 0 saturated heterocycles. The Kier molecular flexibility index (Phi) is 13.0. The standard InChI is InChI=1S/C30H24NOSi.C13H24O2.Ir/c1-33(2,3)22-14-15-27-25(18-22)24(20-9-5-4-6-10-20)19-28(31-27)21-13-16-30-26(17-21)23-11-7-8-12-29(23)32-30;1-5-10(6-2)12(14)9-13(15)11(7-3)8-4;/h4-12,14-19H,1-3H3;9-11,14H,5-8H2,1-4H3;/q-1;;/b;12-9-;. The van der Waals surface area contributed by atoms with Crippen LogP contribution in [-0.2, 0) is 24.9 Å². The fourth-order valence-corrected chi connectivity index (χ4v) is 7.44. The predicted molar refractivity (Wildman–Crippen MR) is 206 cm³/mol. The molecule has 0 amide bonds. The number of carbonyl (C=O) groups is 1. The number of hydrogen-bond acceptors (Lipinski definition) is 4. The molecule has 0 saturated carbocycles. The Balaban J connectivity index is 0.000000290. The van der Waals surface area contributed by atoms with Crippen molar-refractivity contribution in [2.24, 2.45) is 11.8 Å². The minimum atomic E-state index is -1.45. The average molecular weight is 847 g/mol. The van der Waals surface area contributed by atoms with Crippen LogP contribution in [0.25, 0.3) is 55.2 Å². The number of pyridine rings is 1. The van der Waals surface area contributed by atoms with Gasteiger partial charge < -0.3 is 9.52 Å². The van der Waals surface area contributed by atoms with Crippen LogP contribution in [0.2, 0.25) is 19.6 Å². The monoisotopic (exact) mass is 847 g/mol. The van der Waals surface area contributed by atoms with Crippen molar-refractivity contribution in [3.8, 4) is 22.4 Å². The second kappa shape index (κ2) is 16.7. The van der Waals surface area contributed by atoms with Crippen molar-refractivity contribution in [1.29, 1.82) is 0 Å². The van der Waals surface area contributed by atoms with Crippen molar-refractivity contribution < 1.29 is 34.4 Å². The number of furan rings is 1. The van der Waals surface area contributed by atoms with Gasteiger partial charge in [0.25, 0.3) is 0 Å². The normalized spacial score (nSPS) is 12.0. The molecule has 0 atom stereocenters. The molecule has 4 nitrogen and oxygen atoms in total. The summed E-state index contributed by atoms with van der Waals surface area (Å²) in [4.78, 5) is 16.8. The maximum atomic E-state index is 11.7. The second-order valence-electron chi connectivity index (χ2n) is 13.6. The van der Waals surface area contributed by atoms with E-state index in [1.807, 2.05) is 52.0 Å². The summed E-state index contributed by atoms with van der Waals surface area (Å²) in [7, 11) is -1.45. The van der Waals surface area contributed by atoms with Gasteiger partial charge in [-0.15, -0.1) is 23.8 Å². The third-order valence-electron chi connectivity index (χ3n) is 9.43. The molecular weight excluding hydrogens is 799 g/mol. The Labute approximate surface area is 306 Å². The summed E-state index contributed by atoms with van der Waals surface area (Å²) in [5.41, 5.74) is 7.07. The van der Waals surface area contributed by atoms with E-state index in [0.29, 0.717) is 0 Å². The molecule has 0 spiro atoms. The molecule has 1 N–H and O–H groups in total. The van der Waals surface area contributed by atoms with Gasteiger partial charge in [-0.05, 0) is 54.6 Å².